The first-order chi connectivity index (χ1) is 7.06. The van der Waals surface area contributed by atoms with Crippen LogP contribution in [0.4, 0.5) is 0 Å². The molecule has 15 heavy (non-hydrogen) atoms. The molecule has 0 aliphatic carbocycles. The highest BCUT2D eigenvalue weighted by Crippen LogP contribution is 2.20. The Morgan fingerprint density at radius 3 is 2.67 bits per heavy atom. The monoisotopic (exact) mass is 229 g/mol. The van der Waals surface area contributed by atoms with E-state index < -0.39 is 0 Å². The van der Waals surface area contributed by atoms with Gasteiger partial charge in [0, 0.05) is 19.5 Å². The third-order valence-corrected chi connectivity index (χ3v) is 3.00. The van der Waals surface area contributed by atoms with Gasteiger partial charge in [-0.1, -0.05) is 18.5 Å². The third kappa shape index (κ3) is 3.21. The first-order valence-corrected chi connectivity index (χ1v) is 5.85. The number of nitrogens with zero attached hydrogens (tertiary/aromatic N) is 2. The molecule has 0 saturated heterocycles. The second kappa shape index (κ2) is 5.52. The van der Waals surface area contributed by atoms with Crippen molar-refractivity contribution in [1.82, 2.24) is 15.1 Å². The van der Waals surface area contributed by atoms with Gasteiger partial charge in [-0.15, -0.1) is 0 Å². The summed E-state index contributed by atoms with van der Waals surface area (Å²) in [5, 5.41) is 8.55. The minimum Gasteiger partial charge on any atom is -0.314 e. The van der Waals surface area contributed by atoms with Crippen LogP contribution in [-0.2, 0) is 13.5 Å². The average molecular weight is 230 g/mol. The van der Waals surface area contributed by atoms with Crippen molar-refractivity contribution in [3.63, 3.8) is 0 Å². The summed E-state index contributed by atoms with van der Waals surface area (Å²) in [6, 6.07) is 0.442. The Morgan fingerprint density at radius 1 is 1.53 bits per heavy atom. The summed E-state index contributed by atoms with van der Waals surface area (Å²) in [5.74, 6) is 0. The molecule has 1 N–H and O–H groups in total. The molecular formula is C11H20ClN3. The van der Waals surface area contributed by atoms with Crippen molar-refractivity contribution in [1.29, 1.82) is 0 Å². The molecule has 1 aromatic rings. The summed E-state index contributed by atoms with van der Waals surface area (Å²) in [7, 11) is 1.95. The van der Waals surface area contributed by atoms with E-state index in [4.69, 9.17) is 11.6 Å². The Bertz CT molecular complexity index is 320. The molecule has 1 heterocycles. The molecule has 0 bridgehead atoms. The number of hydrogen-bond donors (Lipinski definition) is 1. The molecule has 1 unspecified atom stereocenters. The molecule has 0 spiro atoms. The lowest BCUT2D eigenvalue weighted by molar-refractivity contribution is 0.526. The van der Waals surface area contributed by atoms with E-state index in [1.807, 2.05) is 18.7 Å². The van der Waals surface area contributed by atoms with Gasteiger partial charge in [-0.3, -0.25) is 4.68 Å². The molecule has 0 saturated carbocycles. The van der Waals surface area contributed by atoms with Crippen LogP contribution >= 0.6 is 11.6 Å². The van der Waals surface area contributed by atoms with Gasteiger partial charge in [-0.2, -0.15) is 5.10 Å². The quantitative estimate of drug-likeness (QED) is 0.840. The van der Waals surface area contributed by atoms with Gasteiger partial charge in [-0.05, 0) is 26.8 Å². The number of aryl methyl sites for hydroxylation is 2. The maximum Gasteiger partial charge on any atom is 0.0847 e. The average Bonchev–Trinajstić information content (AvgIpc) is 2.42. The van der Waals surface area contributed by atoms with Gasteiger partial charge in [0.2, 0.25) is 0 Å². The van der Waals surface area contributed by atoms with E-state index in [9.17, 15) is 0 Å². The fourth-order valence-electron chi connectivity index (χ4n) is 1.65. The number of halogens is 1. The van der Waals surface area contributed by atoms with Crippen molar-refractivity contribution < 1.29 is 0 Å². The van der Waals surface area contributed by atoms with Crippen LogP contribution in [0.2, 0.25) is 5.02 Å². The molecule has 1 rings (SSSR count). The molecule has 3 nitrogen and oxygen atoms in total. The van der Waals surface area contributed by atoms with Crippen molar-refractivity contribution in [2.75, 3.05) is 6.54 Å². The fraction of sp³-hybridized carbons (Fsp3) is 0.727. The minimum absolute atomic E-state index is 0.442. The van der Waals surface area contributed by atoms with Crippen molar-refractivity contribution >= 4 is 11.6 Å². The molecule has 0 radical (unpaired) electrons. The highest BCUT2D eigenvalue weighted by Gasteiger charge is 2.13. The summed E-state index contributed by atoms with van der Waals surface area (Å²) in [4.78, 5) is 0. The van der Waals surface area contributed by atoms with Crippen LogP contribution in [0.1, 0.15) is 31.7 Å². The van der Waals surface area contributed by atoms with Gasteiger partial charge in [0.05, 0.1) is 16.4 Å². The lowest BCUT2D eigenvalue weighted by atomic mass is 10.1. The van der Waals surface area contributed by atoms with E-state index in [1.165, 1.54) is 0 Å². The number of nitrogens with one attached hydrogen (secondary N) is 1. The lowest BCUT2D eigenvalue weighted by Gasteiger charge is -2.13. The van der Waals surface area contributed by atoms with Crippen LogP contribution in [0, 0.1) is 6.92 Å². The fourth-order valence-corrected chi connectivity index (χ4v) is 1.89. The molecule has 1 aromatic heterocycles. The van der Waals surface area contributed by atoms with E-state index in [2.05, 4.69) is 24.3 Å². The Balaban J connectivity index is 2.63. The van der Waals surface area contributed by atoms with Crippen LogP contribution in [-0.4, -0.2) is 22.4 Å². The van der Waals surface area contributed by atoms with Gasteiger partial charge >= 0.3 is 0 Å². The van der Waals surface area contributed by atoms with Crippen LogP contribution < -0.4 is 5.32 Å². The SMILES string of the molecule is CCCNC(C)Cc1c(Cl)c(C)nn1C. The molecule has 0 aliphatic heterocycles. The number of aromatic nitrogens is 2. The molecule has 4 heteroatoms. The Hall–Kier alpha value is -0.540. The van der Waals surface area contributed by atoms with Crippen molar-refractivity contribution in [2.24, 2.45) is 7.05 Å². The Morgan fingerprint density at radius 2 is 2.20 bits per heavy atom. The second-order valence-corrected chi connectivity index (χ2v) is 4.41. The van der Waals surface area contributed by atoms with Crippen molar-refractivity contribution in [3.8, 4) is 0 Å². The molecule has 0 amide bonds. The summed E-state index contributed by atoms with van der Waals surface area (Å²) < 4.78 is 1.88. The lowest BCUT2D eigenvalue weighted by Crippen LogP contribution is -2.29. The van der Waals surface area contributed by atoms with Gasteiger partial charge in [0.15, 0.2) is 0 Å². The van der Waals surface area contributed by atoms with E-state index in [0.29, 0.717) is 6.04 Å². The topological polar surface area (TPSA) is 29.9 Å². The molecule has 0 aromatic carbocycles. The largest absolute Gasteiger partial charge is 0.314 e. The maximum atomic E-state index is 6.18. The van der Waals surface area contributed by atoms with E-state index in [1.54, 1.807) is 0 Å². The summed E-state index contributed by atoms with van der Waals surface area (Å²) in [5.41, 5.74) is 2.03. The second-order valence-electron chi connectivity index (χ2n) is 4.03. The van der Waals surface area contributed by atoms with Crippen molar-refractivity contribution in [3.05, 3.63) is 16.4 Å². The van der Waals surface area contributed by atoms with Gasteiger partial charge < -0.3 is 5.32 Å². The number of rotatable bonds is 5. The molecule has 0 fully saturated rings. The van der Waals surface area contributed by atoms with E-state index >= 15 is 0 Å². The smallest absolute Gasteiger partial charge is 0.0847 e. The zero-order valence-corrected chi connectivity index (χ0v) is 10.7. The normalized spacial score (nSPS) is 13.1. The standard InChI is InChI=1S/C11H20ClN3/c1-5-6-13-8(2)7-10-11(12)9(3)14-15(10)4/h8,13H,5-7H2,1-4H3. The summed E-state index contributed by atoms with van der Waals surface area (Å²) >= 11 is 6.18. The van der Waals surface area contributed by atoms with Gasteiger partial charge in [0.25, 0.3) is 0 Å². The molecule has 0 aliphatic rings. The Kier molecular flexibility index (Phi) is 4.61. The minimum atomic E-state index is 0.442. The van der Waals surface area contributed by atoms with Gasteiger partial charge in [0.1, 0.15) is 0 Å². The predicted octanol–water partition coefficient (Wildman–Crippen LogP) is 2.31. The van der Waals surface area contributed by atoms with E-state index in [0.717, 1.165) is 35.8 Å². The summed E-state index contributed by atoms with van der Waals surface area (Å²) in [6.07, 6.45) is 2.08. The number of hydrogen-bond acceptors (Lipinski definition) is 2. The Labute approximate surface area is 96.8 Å². The first kappa shape index (κ1) is 12.5. The van der Waals surface area contributed by atoms with Crippen LogP contribution in [0.5, 0.6) is 0 Å². The van der Waals surface area contributed by atoms with Crippen LogP contribution in [0.25, 0.3) is 0 Å². The highest BCUT2D eigenvalue weighted by atomic mass is 35.5. The van der Waals surface area contributed by atoms with E-state index in [-0.39, 0.29) is 0 Å². The molecular weight excluding hydrogens is 210 g/mol. The zero-order chi connectivity index (χ0) is 11.4. The van der Waals surface area contributed by atoms with Crippen LogP contribution in [0.15, 0.2) is 0 Å². The highest BCUT2D eigenvalue weighted by molar-refractivity contribution is 6.31. The first-order valence-electron chi connectivity index (χ1n) is 5.47. The maximum absolute atomic E-state index is 6.18. The third-order valence-electron chi connectivity index (χ3n) is 2.50. The summed E-state index contributed by atoms with van der Waals surface area (Å²) in [6.45, 7) is 7.33. The predicted molar refractivity (Wildman–Crippen MR) is 64.4 cm³/mol. The zero-order valence-electron chi connectivity index (χ0n) is 9.97. The molecule has 1 atom stereocenters. The van der Waals surface area contributed by atoms with Crippen LogP contribution in [0.3, 0.4) is 0 Å². The molecule has 86 valence electrons. The van der Waals surface area contributed by atoms with Gasteiger partial charge in [-0.25, -0.2) is 0 Å². The van der Waals surface area contributed by atoms with Crippen molar-refractivity contribution in [2.45, 2.75) is 39.7 Å².